The van der Waals surface area contributed by atoms with Crippen molar-refractivity contribution in [2.24, 2.45) is 5.73 Å². The van der Waals surface area contributed by atoms with Crippen LogP contribution in [0.25, 0.3) is 0 Å². The lowest BCUT2D eigenvalue weighted by Gasteiger charge is -2.20. The number of hydrogen-bond donors (Lipinski definition) is 4. The zero-order chi connectivity index (χ0) is 27.4. The maximum Gasteiger partial charge on any atom is 0.490 e. The summed E-state index contributed by atoms with van der Waals surface area (Å²) in [6.07, 6.45) is -4.25. The van der Waals surface area contributed by atoms with Crippen molar-refractivity contribution in [2.45, 2.75) is 31.0 Å². The summed E-state index contributed by atoms with van der Waals surface area (Å²) in [7, 11) is 0. The van der Waals surface area contributed by atoms with E-state index in [-0.39, 0.29) is 5.92 Å². The second kappa shape index (κ2) is 13.8. The number of carbonyl (C=O) groups excluding carboxylic acids is 1. The number of amides is 1. The molecule has 0 heterocycles. The molecular formula is C27H27F3N2O5. The Kier molecular flexibility index (Phi) is 10.8. The molecule has 37 heavy (non-hydrogen) atoms. The van der Waals surface area contributed by atoms with Crippen LogP contribution in [-0.4, -0.2) is 46.8 Å². The molecule has 3 aromatic carbocycles. The molecule has 0 aliphatic heterocycles. The van der Waals surface area contributed by atoms with Crippen LogP contribution in [0.3, 0.4) is 0 Å². The molecule has 10 heteroatoms. The minimum Gasteiger partial charge on any atom is -0.480 e. The van der Waals surface area contributed by atoms with Crippen molar-refractivity contribution in [1.29, 1.82) is 0 Å². The van der Waals surface area contributed by atoms with Gasteiger partial charge in [0, 0.05) is 11.5 Å². The molecule has 0 bridgehead atoms. The first-order chi connectivity index (χ1) is 17.5. The number of nitrogens with one attached hydrogen (secondary N) is 1. The van der Waals surface area contributed by atoms with E-state index in [4.69, 9.17) is 15.6 Å². The first kappa shape index (κ1) is 29.1. The van der Waals surface area contributed by atoms with E-state index in [1.807, 2.05) is 54.6 Å². The monoisotopic (exact) mass is 516 g/mol. The highest BCUT2D eigenvalue weighted by Crippen LogP contribution is 2.32. The predicted octanol–water partition coefficient (Wildman–Crippen LogP) is 4.42. The smallest absolute Gasteiger partial charge is 0.480 e. The van der Waals surface area contributed by atoms with Gasteiger partial charge in [0.05, 0.1) is 0 Å². The van der Waals surface area contributed by atoms with Crippen LogP contribution in [-0.2, 0) is 9.59 Å². The summed E-state index contributed by atoms with van der Waals surface area (Å²) in [4.78, 5) is 33.1. The molecule has 196 valence electrons. The van der Waals surface area contributed by atoms with Gasteiger partial charge in [-0.15, -0.1) is 0 Å². The summed E-state index contributed by atoms with van der Waals surface area (Å²) in [5, 5.41) is 19.1. The summed E-state index contributed by atoms with van der Waals surface area (Å²) >= 11 is 0. The zero-order valence-electron chi connectivity index (χ0n) is 19.7. The fourth-order valence-corrected chi connectivity index (χ4v) is 3.55. The Labute approximate surface area is 211 Å². The molecule has 7 nitrogen and oxygen atoms in total. The molecule has 0 spiro atoms. The molecule has 3 aromatic rings. The number of hydrogen-bond acceptors (Lipinski definition) is 4. The Balaban J connectivity index is 0.000000604. The molecule has 0 saturated carbocycles. The average Bonchev–Trinajstić information content (AvgIpc) is 2.87. The van der Waals surface area contributed by atoms with Gasteiger partial charge in [0.2, 0.25) is 0 Å². The van der Waals surface area contributed by atoms with Crippen molar-refractivity contribution in [3.8, 4) is 0 Å². The van der Waals surface area contributed by atoms with Crippen molar-refractivity contribution < 1.29 is 37.8 Å². The standard InChI is InChI=1S/C25H26N2O3.C2HF3O2/c26-16-8-15-22(25(29)30)27-24(28)21-14-7-13-20(17-21)23(18-9-3-1-4-10-18)19-11-5-2-6-12-19;3-2(4,5)1(6)7/h1-7,9-14,17,22-23H,8,15-16,26H2,(H,27,28)(H,29,30);(H,6,7)/t22-;/m0./s1. The Morgan fingerprint density at radius 2 is 1.30 bits per heavy atom. The Hall–Kier alpha value is -4.18. The number of carboxylic acids is 2. The van der Waals surface area contributed by atoms with Gasteiger partial charge in [0.1, 0.15) is 6.04 Å². The summed E-state index contributed by atoms with van der Waals surface area (Å²) in [5.74, 6) is -4.25. The van der Waals surface area contributed by atoms with E-state index in [9.17, 15) is 27.9 Å². The molecule has 1 amide bonds. The number of rotatable bonds is 9. The highest BCUT2D eigenvalue weighted by Gasteiger charge is 2.38. The third kappa shape index (κ3) is 9.08. The van der Waals surface area contributed by atoms with Crippen LogP contribution in [0.4, 0.5) is 13.2 Å². The van der Waals surface area contributed by atoms with Crippen molar-refractivity contribution >= 4 is 17.8 Å². The maximum absolute atomic E-state index is 12.8. The van der Waals surface area contributed by atoms with Crippen molar-refractivity contribution in [2.75, 3.05) is 6.54 Å². The lowest BCUT2D eigenvalue weighted by atomic mass is 9.84. The Bertz CT molecular complexity index is 1130. The number of carboxylic acid groups (broad SMARTS) is 2. The van der Waals surface area contributed by atoms with Crippen LogP contribution in [0.1, 0.15) is 45.8 Å². The van der Waals surface area contributed by atoms with E-state index in [0.29, 0.717) is 24.9 Å². The number of nitrogens with two attached hydrogens (primary N) is 1. The summed E-state index contributed by atoms with van der Waals surface area (Å²) in [5.41, 5.74) is 9.11. The van der Waals surface area contributed by atoms with E-state index < -0.39 is 30.1 Å². The minimum absolute atomic E-state index is 0.0346. The normalized spacial score (nSPS) is 11.7. The SMILES string of the molecule is NCCC[C@H](NC(=O)c1cccc(C(c2ccccc2)c2ccccc2)c1)C(=O)O.O=C(O)C(F)(F)F. The largest absolute Gasteiger partial charge is 0.490 e. The van der Waals surface area contributed by atoms with Gasteiger partial charge in [-0.1, -0.05) is 72.8 Å². The molecule has 0 aliphatic rings. The Morgan fingerprint density at radius 3 is 1.73 bits per heavy atom. The maximum atomic E-state index is 12.8. The molecule has 0 unspecified atom stereocenters. The zero-order valence-corrected chi connectivity index (χ0v) is 19.7. The fraction of sp³-hybridized carbons (Fsp3) is 0.222. The molecular weight excluding hydrogens is 489 g/mol. The van der Waals surface area contributed by atoms with Crippen LogP contribution in [0, 0.1) is 0 Å². The van der Waals surface area contributed by atoms with Gasteiger partial charge in [-0.25, -0.2) is 9.59 Å². The molecule has 0 radical (unpaired) electrons. The number of aliphatic carboxylic acids is 2. The van der Waals surface area contributed by atoms with Crippen molar-refractivity contribution in [3.05, 3.63) is 107 Å². The van der Waals surface area contributed by atoms with Gasteiger partial charge >= 0.3 is 18.1 Å². The molecule has 0 aliphatic carbocycles. The van der Waals surface area contributed by atoms with Gasteiger partial charge in [-0.2, -0.15) is 13.2 Å². The molecule has 0 fully saturated rings. The second-order valence-electron chi connectivity index (χ2n) is 7.98. The summed E-state index contributed by atoms with van der Waals surface area (Å²) in [6.45, 7) is 0.380. The highest BCUT2D eigenvalue weighted by molar-refractivity contribution is 5.96. The first-order valence-corrected chi connectivity index (χ1v) is 11.3. The number of carbonyl (C=O) groups is 3. The first-order valence-electron chi connectivity index (χ1n) is 11.3. The van der Waals surface area contributed by atoms with Crippen LogP contribution >= 0.6 is 0 Å². The molecule has 3 rings (SSSR count). The fourth-order valence-electron chi connectivity index (χ4n) is 3.55. The number of alkyl halides is 3. The third-order valence-electron chi connectivity index (χ3n) is 5.29. The second-order valence-corrected chi connectivity index (χ2v) is 7.98. The van der Waals surface area contributed by atoms with E-state index in [2.05, 4.69) is 29.6 Å². The van der Waals surface area contributed by atoms with Crippen molar-refractivity contribution in [1.82, 2.24) is 5.32 Å². The molecule has 5 N–H and O–H groups in total. The van der Waals surface area contributed by atoms with Crippen LogP contribution in [0.5, 0.6) is 0 Å². The van der Waals surface area contributed by atoms with E-state index >= 15 is 0 Å². The average molecular weight is 517 g/mol. The van der Waals surface area contributed by atoms with Gasteiger partial charge in [0.15, 0.2) is 0 Å². The van der Waals surface area contributed by atoms with Crippen LogP contribution in [0.2, 0.25) is 0 Å². The molecule has 1 atom stereocenters. The summed E-state index contributed by atoms with van der Waals surface area (Å²) in [6, 6.07) is 26.6. The van der Waals surface area contributed by atoms with Crippen LogP contribution < -0.4 is 11.1 Å². The van der Waals surface area contributed by atoms with E-state index in [0.717, 1.165) is 16.7 Å². The van der Waals surface area contributed by atoms with Crippen LogP contribution in [0.15, 0.2) is 84.9 Å². The predicted molar refractivity (Wildman–Crippen MR) is 131 cm³/mol. The van der Waals surface area contributed by atoms with E-state index in [1.165, 1.54) is 0 Å². The molecule has 0 saturated heterocycles. The number of benzene rings is 3. The quantitative estimate of drug-likeness (QED) is 0.312. The molecule has 0 aromatic heterocycles. The lowest BCUT2D eigenvalue weighted by Crippen LogP contribution is -2.41. The minimum atomic E-state index is -5.08. The van der Waals surface area contributed by atoms with Gasteiger partial charge < -0.3 is 21.3 Å². The van der Waals surface area contributed by atoms with Gasteiger partial charge in [-0.05, 0) is 48.2 Å². The summed E-state index contributed by atoms with van der Waals surface area (Å²) < 4.78 is 31.7. The van der Waals surface area contributed by atoms with Gasteiger partial charge in [-0.3, -0.25) is 4.79 Å². The Morgan fingerprint density at radius 1 is 0.811 bits per heavy atom. The van der Waals surface area contributed by atoms with Gasteiger partial charge in [0.25, 0.3) is 5.91 Å². The van der Waals surface area contributed by atoms with Crippen molar-refractivity contribution in [3.63, 3.8) is 0 Å². The lowest BCUT2D eigenvalue weighted by molar-refractivity contribution is -0.192. The highest BCUT2D eigenvalue weighted by atomic mass is 19.4. The van der Waals surface area contributed by atoms with E-state index in [1.54, 1.807) is 6.07 Å². The topological polar surface area (TPSA) is 130 Å². The third-order valence-corrected chi connectivity index (χ3v) is 5.29. The number of halogens is 3.